The Bertz CT molecular complexity index is 109. The highest BCUT2D eigenvalue weighted by atomic mass is 33.1. The second-order valence-electron chi connectivity index (χ2n) is 3.55. The van der Waals surface area contributed by atoms with Crippen LogP contribution in [0.2, 0.25) is 0 Å². The third kappa shape index (κ3) is 2.78. The van der Waals surface area contributed by atoms with Crippen LogP contribution < -0.4 is 0 Å². The van der Waals surface area contributed by atoms with E-state index in [9.17, 15) is 0 Å². The fourth-order valence-electron chi connectivity index (χ4n) is 0.824. The lowest BCUT2D eigenvalue weighted by Gasteiger charge is -2.13. The van der Waals surface area contributed by atoms with Gasteiger partial charge in [0.05, 0.1) is 9.16 Å². The first-order valence-electron chi connectivity index (χ1n) is 4.09. The Kier molecular flexibility index (Phi) is 3.99. The molecular weight excluding hydrogens is 192 g/mol. The molecule has 2 atom stereocenters. The van der Waals surface area contributed by atoms with Crippen LogP contribution in [0.5, 0.6) is 0 Å². The van der Waals surface area contributed by atoms with Gasteiger partial charge in [0, 0.05) is 0 Å². The van der Waals surface area contributed by atoms with E-state index in [1.54, 1.807) is 0 Å². The molecule has 0 aliphatic carbocycles. The molecule has 1 aliphatic heterocycles. The fourth-order valence-corrected chi connectivity index (χ4v) is 7.30. The maximum atomic E-state index is 2.31. The number of hydrogen-bond donors (Lipinski definition) is 0. The monoisotopic (exact) mass is 208 g/mol. The van der Waals surface area contributed by atoms with E-state index in [1.165, 1.54) is 0 Å². The van der Waals surface area contributed by atoms with Gasteiger partial charge in [-0.05, 0) is 11.8 Å². The van der Waals surface area contributed by atoms with E-state index in [4.69, 9.17) is 0 Å². The van der Waals surface area contributed by atoms with Gasteiger partial charge in [0.25, 0.3) is 0 Å². The number of thioether (sulfide) groups is 1. The Morgan fingerprint density at radius 3 is 1.36 bits per heavy atom. The summed E-state index contributed by atoms with van der Waals surface area (Å²) < 4.78 is 1.65. The van der Waals surface area contributed by atoms with Crippen molar-refractivity contribution in [2.75, 3.05) is 0 Å². The molecule has 0 aromatic heterocycles. The molecule has 0 unspecified atom stereocenters. The van der Waals surface area contributed by atoms with Crippen molar-refractivity contribution in [3.8, 4) is 0 Å². The van der Waals surface area contributed by atoms with Gasteiger partial charge in [0.1, 0.15) is 0 Å². The maximum Gasteiger partial charge on any atom is 0.0640 e. The number of hydrogen-bond acceptors (Lipinski definition) is 3. The summed E-state index contributed by atoms with van der Waals surface area (Å²) in [5, 5.41) is 0. The third-order valence-corrected chi connectivity index (χ3v) is 8.36. The molecule has 0 nitrogen and oxygen atoms in total. The second kappa shape index (κ2) is 4.33. The minimum atomic E-state index is 0.821. The summed E-state index contributed by atoms with van der Waals surface area (Å²) in [5.41, 5.74) is 0. The van der Waals surface area contributed by atoms with Crippen molar-refractivity contribution in [1.29, 1.82) is 0 Å². The Morgan fingerprint density at radius 2 is 1.18 bits per heavy atom. The molecule has 0 aromatic carbocycles. The topological polar surface area (TPSA) is 0 Å². The Balaban J connectivity index is 2.35. The normalized spacial score (nSPS) is 32.2. The van der Waals surface area contributed by atoms with Gasteiger partial charge in [-0.1, -0.05) is 49.3 Å². The lowest BCUT2D eigenvalue weighted by Crippen LogP contribution is -2.07. The average Bonchev–Trinajstić information content (AvgIpc) is 2.33. The average molecular weight is 208 g/mol. The standard InChI is InChI=1S/C8H16S3/c1-5(2)7-9-8(6(3)4)11-10-7/h5-8H,1-4H3/t7-,8-/m1/s1. The summed E-state index contributed by atoms with van der Waals surface area (Å²) in [6.07, 6.45) is 0. The largest absolute Gasteiger partial charge is 0.131 e. The molecule has 3 heteroatoms. The molecule has 0 radical (unpaired) electrons. The molecule has 66 valence electrons. The Morgan fingerprint density at radius 1 is 0.818 bits per heavy atom. The van der Waals surface area contributed by atoms with Crippen molar-refractivity contribution >= 4 is 33.3 Å². The molecule has 0 bridgehead atoms. The first-order valence-corrected chi connectivity index (χ1v) is 7.30. The molecule has 0 amide bonds. The smallest absolute Gasteiger partial charge is 0.0640 e. The summed E-state index contributed by atoms with van der Waals surface area (Å²) in [5.74, 6) is 1.64. The first-order chi connectivity index (χ1) is 5.11. The minimum Gasteiger partial charge on any atom is -0.131 e. The fraction of sp³-hybridized carbons (Fsp3) is 1.00. The van der Waals surface area contributed by atoms with Crippen LogP contribution in [-0.4, -0.2) is 9.16 Å². The van der Waals surface area contributed by atoms with E-state index >= 15 is 0 Å². The van der Waals surface area contributed by atoms with E-state index in [1.807, 2.05) is 0 Å². The van der Waals surface area contributed by atoms with Gasteiger partial charge < -0.3 is 0 Å². The van der Waals surface area contributed by atoms with Crippen LogP contribution in [0, 0.1) is 11.8 Å². The van der Waals surface area contributed by atoms with Crippen molar-refractivity contribution in [2.45, 2.75) is 36.9 Å². The van der Waals surface area contributed by atoms with Gasteiger partial charge in [-0.15, -0.1) is 11.8 Å². The van der Waals surface area contributed by atoms with Gasteiger partial charge >= 0.3 is 0 Å². The zero-order chi connectivity index (χ0) is 8.43. The van der Waals surface area contributed by atoms with Crippen LogP contribution in [-0.2, 0) is 0 Å². The number of rotatable bonds is 2. The van der Waals surface area contributed by atoms with Crippen LogP contribution in [0.3, 0.4) is 0 Å². The zero-order valence-electron chi connectivity index (χ0n) is 7.53. The molecule has 0 N–H and O–H groups in total. The molecule has 0 spiro atoms. The summed E-state index contributed by atoms with van der Waals surface area (Å²) in [6.45, 7) is 9.25. The molecule has 1 rings (SSSR count). The SMILES string of the molecule is CC(C)[C@H]1SS[C@H](C(C)C)S1. The summed E-state index contributed by atoms with van der Waals surface area (Å²) in [4.78, 5) is 0. The molecule has 1 fully saturated rings. The van der Waals surface area contributed by atoms with Crippen molar-refractivity contribution in [3.63, 3.8) is 0 Å². The summed E-state index contributed by atoms with van der Waals surface area (Å²) in [7, 11) is 4.13. The molecule has 0 saturated carbocycles. The molecule has 1 aliphatic rings. The predicted octanol–water partition coefficient (Wildman–Crippen LogP) is 4.08. The molecule has 1 heterocycles. The van der Waals surface area contributed by atoms with Crippen LogP contribution in [0.15, 0.2) is 0 Å². The van der Waals surface area contributed by atoms with Gasteiger partial charge in [-0.2, -0.15) is 0 Å². The highest BCUT2D eigenvalue weighted by Gasteiger charge is 2.30. The van der Waals surface area contributed by atoms with E-state index in [-0.39, 0.29) is 0 Å². The van der Waals surface area contributed by atoms with Crippen LogP contribution in [0.1, 0.15) is 27.7 Å². The minimum absolute atomic E-state index is 0.821. The molecular formula is C8H16S3. The Labute approximate surface area is 82.1 Å². The lowest BCUT2D eigenvalue weighted by atomic mass is 10.3. The Hall–Kier alpha value is 1.05. The van der Waals surface area contributed by atoms with E-state index < -0.39 is 0 Å². The summed E-state index contributed by atoms with van der Waals surface area (Å²) >= 11 is 2.15. The predicted molar refractivity (Wildman–Crippen MR) is 60.0 cm³/mol. The van der Waals surface area contributed by atoms with Gasteiger partial charge in [0.15, 0.2) is 0 Å². The van der Waals surface area contributed by atoms with E-state index in [2.05, 4.69) is 61.0 Å². The highest BCUT2D eigenvalue weighted by Crippen LogP contribution is 2.55. The van der Waals surface area contributed by atoms with E-state index in [0.717, 1.165) is 21.0 Å². The third-order valence-electron chi connectivity index (χ3n) is 1.60. The van der Waals surface area contributed by atoms with Crippen LogP contribution >= 0.6 is 33.3 Å². The second-order valence-corrected chi connectivity index (χ2v) is 7.99. The maximum absolute atomic E-state index is 2.31. The highest BCUT2D eigenvalue weighted by molar-refractivity contribution is 8.82. The van der Waals surface area contributed by atoms with E-state index in [0.29, 0.717) is 0 Å². The molecule has 11 heavy (non-hydrogen) atoms. The molecule has 0 aromatic rings. The first kappa shape index (κ1) is 10.1. The lowest BCUT2D eigenvalue weighted by molar-refractivity contribution is 0.703. The van der Waals surface area contributed by atoms with Gasteiger partial charge in [0.2, 0.25) is 0 Å². The molecule has 1 saturated heterocycles. The quantitative estimate of drug-likeness (QED) is 0.628. The van der Waals surface area contributed by atoms with Gasteiger partial charge in [-0.3, -0.25) is 0 Å². The van der Waals surface area contributed by atoms with Crippen molar-refractivity contribution < 1.29 is 0 Å². The zero-order valence-corrected chi connectivity index (χ0v) is 9.98. The van der Waals surface area contributed by atoms with Crippen molar-refractivity contribution in [1.82, 2.24) is 0 Å². The van der Waals surface area contributed by atoms with Gasteiger partial charge in [-0.25, -0.2) is 0 Å². The van der Waals surface area contributed by atoms with Crippen LogP contribution in [0.4, 0.5) is 0 Å². The van der Waals surface area contributed by atoms with Crippen molar-refractivity contribution in [2.24, 2.45) is 11.8 Å². The summed E-state index contributed by atoms with van der Waals surface area (Å²) in [6, 6.07) is 0. The van der Waals surface area contributed by atoms with Crippen molar-refractivity contribution in [3.05, 3.63) is 0 Å². The van der Waals surface area contributed by atoms with Crippen LogP contribution in [0.25, 0.3) is 0 Å².